The molecule has 3 aromatic carbocycles. The van der Waals surface area contributed by atoms with Gasteiger partial charge in [0.1, 0.15) is 11.3 Å². The first-order chi connectivity index (χ1) is 14.6. The molecule has 6 heteroatoms. The number of rotatable bonds is 6. The summed E-state index contributed by atoms with van der Waals surface area (Å²) in [6.45, 7) is 2.01. The van der Waals surface area contributed by atoms with Gasteiger partial charge in [0.2, 0.25) is 11.6 Å². The van der Waals surface area contributed by atoms with E-state index in [1.165, 1.54) is 0 Å². The van der Waals surface area contributed by atoms with Gasteiger partial charge in [0, 0.05) is 11.1 Å². The Bertz CT molecular complexity index is 1210. The highest BCUT2D eigenvalue weighted by molar-refractivity contribution is 5.85. The zero-order chi connectivity index (χ0) is 21.3. The van der Waals surface area contributed by atoms with Crippen LogP contribution in [0.3, 0.4) is 0 Å². The number of ether oxygens (including phenoxy) is 4. The van der Waals surface area contributed by atoms with E-state index in [1.807, 2.05) is 55.5 Å². The van der Waals surface area contributed by atoms with Crippen LogP contribution >= 0.6 is 0 Å². The molecular weight excluding hydrogens is 382 g/mol. The van der Waals surface area contributed by atoms with Gasteiger partial charge in [-0.1, -0.05) is 6.07 Å². The molecule has 30 heavy (non-hydrogen) atoms. The van der Waals surface area contributed by atoms with Crippen LogP contribution in [0.2, 0.25) is 0 Å². The maximum Gasteiger partial charge on any atom is 0.227 e. The standard InChI is InChI=1S/C24H23NO5/c1-14-12-16(26-2)7-8-17(14)24-25-19-10-6-15(13-21(19)30-24)18-9-11-20(27-3)23(29-5)22(18)28-4/h6-13H,1-5H3. The summed E-state index contributed by atoms with van der Waals surface area (Å²) in [6, 6.07) is 15.5. The lowest BCUT2D eigenvalue weighted by molar-refractivity contribution is 0.325. The zero-order valence-corrected chi connectivity index (χ0v) is 17.6. The highest BCUT2D eigenvalue weighted by Crippen LogP contribution is 2.44. The van der Waals surface area contributed by atoms with E-state index in [9.17, 15) is 0 Å². The smallest absolute Gasteiger partial charge is 0.227 e. The molecule has 0 N–H and O–H groups in total. The maximum atomic E-state index is 6.10. The molecule has 0 atom stereocenters. The first-order valence-corrected chi connectivity index (χ1v) is 9.44. The average Bonchev–Trinajstić information content (AvgIpc) is 3.20. The van der Waals surface area contributed by atoms with E-state index < -0.39 is 0 Å². The van der Waals surface area contributed by atoms with Gasteiger partial charge >= 0.3 is 0 Å². The number of aryl methyl sites for hydroxylation is 1. The highest BCUT2D eigenvalue weighted by atomic mass is 16.5. The van der Waals surface area contributed by atoms with Gasteiger partial charge in [-0.3, -0.25) is 0 Å². The van der Waals surface area contributed by atoms with Crippen LogP contribution in [0.5, 0.6) is 23.0 Å². The molecule has 1 heterocycles. The Morgan fingerprint density at radius 1 is 0.733 bits per heavy atom. The third kappa shape index (κ3) is 3.30. The summed E-state index contributed by atoms with van der Waals surface area (Å²) in [5, 5.41) is 0. The van der Waals surface area contributed by atoms with Crippen molar-refractivity contribution in [1.82, 2.24) is 4.98 Å². The van der Waals surface area contributed by atoms with Crippen LogP contribution in [0.15, 0.2) is 52.9 Å². The molecule has 0 saturated heterocycles. The van der Waals surface area contributed by atoms with Crippen LogP contribution in [0.1, 0.15) is 5.56 Å². The van der Waals surface area contributed by atoms with Gasteiger partial charge in [-0.05, 0) is 60.5 Å². The van der Waals surface area contributed by atoms with E-state index in [0.29, 0.717) is 28.7 Å². The maximum absolute atomic E-state index is 6.10. The van der Waals surface area contributed by atoms with Gasteiger partial charge in [-0.15, -0.1) is 0 Å². The Labute approximate surface area is 175 Å². The predicted molar refractivity (Wildman–Crippen MR) is 116 cm³/mol. The van der Waals surface area contributed by atoms with E-state index in [1.54, 1.807) is 28.4 Å². The fourth-order valence-electron chi connectivity index (χ4n) is 3.54. The van der Waals surface area contributed by atoms with Crippen LogP contribution in [0.4, 0.5) is 0 Å². The van der Waals surface area contributed by atoms with Crippen LogP contribution in [-0.4, -0.2) is 33.4 Å². The number of oxazole rings is 1. The molecular formula is C24H23NO5. The number of hydrogen-bond donors (Lipinski definition) is 0. The second kappa shape index (κ2) is 7.99. The summed E-state index contributed by atoms with van der Waals surface area (Å²) in [7, 11) is 6.45. The van der Waals surface area contributed by atoms with Gasteiger partial charge in [-0.2, -0.15) is 0 Å². The molecule has 1 aromatic heterocycles. The van der Waals surface area contributed by atoms with Crippen molar-refractivity contribution < 1.29 is 23.4 Å². The van der Waals surface area contributed by atoms with E-state index in [-0.39, 0.29) is 0 Å². The molecule has 0 fully saturated rings. The Morgan fingerprint density at radius 2 is 1.50 bits per heavy atom. The van der Waals surface area contributed by atoms with Crippen LogP contribution in [0.25, 0.3) is 33.7 Å². The Morgan fingerprint density at radius 3 is 2.17 bits per heavy atom. The summed E-state index contributed by atoms with van der Waals surface area (Å²) in [4.78, 5) is 4.65. The molecule has 0 saturated carbocycles. The molecule has 0 aliphatic heterocycles. The lowest BCUT2D eigenvalue weighted by atomic mass is 10.0. The van der Waals surface area contributed by atoms with Crippen LogP contribution < -0.4 is 18.9 Å². The summed E-state index contributed by atoms with van der Waals surface area (Å²) in [5.74, 6) is 3.12. The Balaban J connectivity index is 1.80. The lowest BCUT2D eigenvalue weighted by Gasteiger charge is -2.15. The summed E-state index contributed by atoms with van der Waals surface area (Å²) < 4.78 is 27.9. The van der Waals surface area contributed by atoms with E-state index in [4.69, 9.17) is 23.4 Å². The molecule has 4 rings (SSSR count). The van der Waals surface area contributed by atoms with Crippen molar-refractivity contribution in [3.05, 3.63) is 54.1 Å². The van der Waals surface area contributed by atoms with Gasteiger partial charge in [0.25, 0.3) is 0 Å². The van der Waals surface area contributed by atoms with Gasteiger partial charge < -0.3 is 23.4 Å². The largest absolute Gasteiger partial charge is 0.497 e. The predicted octanol–water partition coefficient (Wildman–Crippen LogP) is 5.50. The summed E-state index contributed by atoms with van der Waals surface area (Å²) in [5.41, 5.74) is 5.22. The monoisotopic (exact) mass is 405 g/mol. The summed E-state index contributed by atoms with van der Waals surface area (Å²) in [6.07, 6.45) is 0. The van der Waals surface area contributed by atoms with Crippen molar-refractivity contribution >= 4 is 11.1 Å². The van der Waals surface area contributed by atoms with Crippen molar-refractivity contribution in [2.24, 2.45) is 0 Å². The number of fused-ring (bicyclic) bond motifs is 1. The Hall–Kier alpha value is -3.67. The zero-order valence-electron chi connectivity index (χ0n) is 17.6. The SMILES string of the molecule is COc1ccc(-c2nc3ccc(-c4ccc(OC)c(OC)c4OC)cc3o2)c(C)c1. The molecule has 0 bridgehead atoms. The van der Waals surface area contributed by atoms with E-state index in [2.05, 4.69) is 4.98 Å². The van der Waals surface area contributed by atoms with Crippen molar-refractivity contribution in [2.75, 3.05) is 28.4 Å². The van der Waals surface area contributed by atoms with Crippen LogP contribution in [0, 0.1) is 6.92 Å². The fraction of sp³-hybridized carbons (Fsp3) is 0.208. The third-order valence-electron chi connectivity index (χ3n) is 5.07. The molecule has 0 unspecified atom stereocenters. The molecule has 6 nitrogen and oxygen atoms in total. The molecule has 154 valence electrons. The van der Waals surface area contributed by atoms with Crippen molar-refractivity contribution in [3.63, 3.8) is 0 Å². The van der Waals surface area contributed by atoms with Crippen LogP contribution in [-0.2, 0) is 0 Å². The van der Waals surface area contributed by atoms with E-state index in [0.717, 1.165) is 33.5 Å². The second-order valence-electron chi connectivity index (χ2n) is 6.76. The number of nitrogens with zero attached hydrogens (tertiary/aromatic N) is 1. The third-order valence-corrected chi connectivity index (χ3v) is 5.07. The molecule has 0 spiro atoms. The van der Waals surface area contributed by atoms with Gasteiger partial charge in [-0.25, -0.2) is 4.98 Å². The lowest BCUT2D eigenvalue weighted by Crippen LogP contribution is -1.96. The van der Waals surface area contributed by atoms with Crippen molar-refractivity contribution in [2.45, 2.75) is 6.92 Å². The number of benzene rings is 3. The minimum absolute atomic E-state index is 0.546. The van der Waals surface area contributed by atoms with Crippen molar-refractivity contribution in [3.8, 4) is 45.6 Å². The fourth-order valence-corrected chi connectivity index (χ4v) is 3.54. The first kappa shape index (κ1) is 19.6. The molecule has 0 radical (unpaired) electrons. The minimum atomic E-state index is 0.546. The second-order valence-corrected chi connectivity index (χ2v) is 6.76. The average molecular weight is 405 g/mol. The Kier molecular flexibility index (Phi) is 5.23. The van der Waals surface area contributed by atoms with Crippen molar-refractivity contribution in [1.29, 1.82) is 0 Å². The topological polar surface area (TPSA) is 63.0 Å². The van der Waals surface area contributed by atoms with E-state index >= 15 is 0 Å². The normalized spacial score (nSPS) is 10.8. The minimum Gasteiger partial charge on any atom is -0.497 e. The quantitative estimate of drug-likeness (QED) is 0.422. The number of methoxy groups -OCH3 is 4. The molecule has 4 aromatic rings. The number of hydrogen-bond acceptors (Lipinski definition) is 6. The van der Waals surface area contributed by atoms with Gasteiger partial charge in [0.05, 0.1) is 28.4 Å². The van der Waals surface area contributed by atoms with Gasteiger partial charge in [0.15, 0.2) is 17.1 Å². The molecule has 0 amide bonds. The highest BCUT2D eigenvalue weighted by Gasteiger charge is 2.18. The first-order valence-electron chi connectivity index (χ1n) is 9.44. The number of aromatic nitrogens is 1. The summed E-state index contributed by atoms with van der Waals surface area (Å²) >= 11 is 0. The molecule has 0 aliphatic rings. The molecule has 0 aliphatic carbocycles.